The summed E-state index contributed by atoms with van der Waals surface area (Å²) in [6, 6.07) is 15.1. The topological polar surface area (TPSA) is 89.1 Å². The molecule has 0 spiro atoms. The van der Waals surface area contributed by atoms with Crippen molar-refractivity contribution in [2.75, 3.05) is 5.73 Å². The Morgan fingerprint density at radius 1 is 1.00 bits per heavy atom. The number of nitrogens with two attached hydrogens (primary N) is 1. The third kappa shape index (κ3) is 2.97. The van der Waals surface area contributed by atoms with Crippen LogP contribution in [0.5, 0.6) is 0 Å². The van der Waals surface area contributed by atoms with Crippen molar-refractivity contribution in [1.82, 2.24) is 9.97 Å². The zero-order valence-corrected chi connectivity index (χ0v) is 14.1. The predicted octanol–water partition coefficient (Wildman–Crippen LogP) is 4.38. The van der Waals surface area contributed by atoms with E-state index in [1.54, 1.807) is 12.4 Å². The maximum atomic E-state index is 13.6. The van der Waals surface area contributed by atoms with Gasteiger partial charge < -0.3 is 10.8 Å². The number of fused-ring (bicyclic) bond motifs is 1. The summed E-state index contributed by atoms with van der Waals surface area (Å²) >= 11 is 0. The van der Waals surface area contributed by atoms with Crippen LogP contribution in [0.4, 0.5) is 10.1 Å². The molecule has 4 aromatic rings. The first kappa shape index (κ1) is 16.7. The Morgan fingerprint density at radius 2 is 1.74 bits per heavy atom. The molecule has 4 rings (SSSR count). The molecule has 0 aliphatic carbocycles. The van der Waals surface area contributed by atoms with Gasteiger partial charge in [0.05, 0.1) is 22.5 Å². The molecule has 6 heteroatoms. The van der Waals surface area contributed by atoms with Gasteiger partial charge in [-0.3, -0.25) is 4.98 Å². The van der Waals surface area contributed by atoms with Crippen molar-refractivity contribution in [3.05, 3.63) is 78.4 Å². The Balaban J connectivity index is 1.88. The second-order valence-electron chi connectivity index (χ2n) is 6.03. The largest absolute Gasteiger partial charge is 0.478 e. The highest BCUT2D eigenvalue weighted by atomic mass is 19.1. The van der Waals surface area contributed by atoms with E-state index in [2.05, 4.69) is 9.97 Å². The predicted molar refractivity (Wildman–Crippen MR) is 102 cm³/mol. The van der Waals surface area contributed by atoms with E-state index < -0.39 is 11.8 Å². The lowest BCUT2D eigenvalue weighted by molar-refractivity contribution is 0.0700. The summed E-state index contributed by atoms with van der Waals surface area (Å²) in [5.74, 6) is -1.77. The number of hydrogen-bond acceptors (Lipinski definition) is 4. The number of anilines is 1. The summed E-state index contributed by atoms with van der Waals surface area (Å²) in [6.45, 7) is 0. The molecule has 2 aromatic heterocycles. The molecule has 0 aliphatic rings. The van der Waals surface area contributed by atoms with Crippen LogP contribution in [0.3, 0.4) is 0 Å². The fourth-order valence-corrected chi connectivity index (χ4v) is 3.05. The van der Waals surface area contributed by atoms with Crippen LogP contribution in [-0.2, 0) is 0 Å². The second-order valence-corrected chi connectivity index (χ2v) is 6.03. The Hall–Kier alpha value is -3.80. The highest BCUT2D eigenvalue weighted by molar-refractivity contribution is 6.09. The van der Waals surface area contributed by atoms with E-state index in [4.69, 9.17) is 5.73 Å². The molecule has 132 valence electrons. The molecular weight excluding hydrogens is 345 g/mol. The first-order valence-corrected chi connectivity index (χ1v) is 8.17. The third-order valence-corrected chi connectivity index (χ3v) is 4.35. The Kier molecular flexibility index (Phi) is 4.01. The van der Waals surface area contributed by atoms with Crippen LogP contribution in [0, 0.1) is 5.82 Å². The summed E-state index contributed by atoms with van der Waals surface area (Å²) in [5, 5.41) is 9.76. The van der Waals surface area contributed by atoms with Gasteiger partial charge >= 0.3 is 5.97 Å². The van der Waals surface area contributed by atoms with Crippen molar-refractivity contribution in [2.24, 2.45) is 0 Å². The number of nitrogen functional groups attached to an aromatic ring is 1. The molecule has 0 bridgehead atoms. The normalized spacial score (nSPS) is 10.9. The molecule has 27 heavy (non-hydrogen) atoms. The van der Waals surface area contributed by atoms with E-state index in [9.17, 15) is 14.3 Å². The third-order valence-electron chi connectivity index (χ3n) is 4.35. The number of benzene rings is 2. The standard InChI is InChI=1S/C21H14FN3O2/c22-15-7-8-17-16(10-15)18(21(26)27)19(23)20(25-17)13-5-3-12(4-6-13)14-2-1-9-24-11-14/h1-11H,23H2,(H,26,27). The number of carbonyl (C=O) groups is 1. The molecule has 0 unspecified atom stereocenters. The van der Waals surface area contributed by atoms with Crippen LogP contribution in [0.25, 0.3) is 33.3 Å². The number of aromatic nitrogens is 2. The molecule has 0 atom stereocenters. The van der Waals surface area contributed by atoms with E-state index >= 15 is 0 Å². The quantitative estimate of drug-likeness (QED) is 0.566. The maximum absolute atomic E-state index is 13.6. The summed E-state index contributed by atoms with van der Waals surface area (Å²) in [4.78, 5) is 20.3. The molecule has 0 saturated heterocycles. The zero-order valence-electron chi connectivity index (χ0n) is 14.1. The monoisotopic (exact) mass is 359 g/mol. The molecule has 0 fully saturated rings. The molecule has 3 N–H and O–H groups in total. The molecule has 2 heterocycles. The first-order chi connectivity index (χ1) is 13.0. The first-order valence-electron chi connectivity index (χ1n) is 8.17. The van der Waals surface area contributed by atoms with Crippen LogP contribution in [0.15, 0.2) is 67.0 Å². The molecule has 0 aliphatic heterocycles. The van der Waals surface area contributed by atoms with Gasteiger partial charge in [0.25, 0.3) is 0 Å². The van der Waals surface area contributed by atoms with Crippen LogP contribution >= 0.6 is 0 Å². The minimum atomic E-state index is -1.22. The number of halogens is 1. The van der Waals surface area contributed by atoms with Crippen LogP contribution in [0.2, 0.25) is 0 Å². The SMILES string of the molecule is Nc1c(-c2ccc(-c3cccnc3)cc2)nc2ccc(F)cc2c1C(=O)O. The minimum absolute atomic E-state index is 0.00901. The summed E-state index contributed by atoms with van der Waals surface area (Å²) in [6.07, 6.45) is 3.46. The van der Waals surface area contributed by atoms with Gasteiger partial charge in [0.2, 0.25) is 0 Å². The van der Waals surface area contributed by atoms with Gasteiger partial charge in [0.15, 0.2) is 0 Å². The average molecular weight is 359 g/mol. The highest BCUT2D eigenvalue weighted by Crippen LogP contribution is 2.33. The van der Waals surface area contributed by atoms with E-state index in [1.807, 2.05) is 36.4 Å². The lowest BCUT2D eigenvalue weighted by Gasteiger charge is -2.12. The van der Waals surface area contributed by atoms with Crippen LogP contribution in [-0.4, -0.2) is 21.0 Å². The van der Waals surface area contributed by atoms with Gasteiger partial charge in [0, 0.05) is 23.3 Å². The highest BCUT2D eigenvalue weighted by Gasteiger charge is 2.19. The maximum Gasteiger partial charge on any atom is 0.338 e. The van der Waals surface area contributed by atoms with E-state index in [-0.39, 0.29) is 16.6 Å². The molecule has 0 radical (unpaired) electrons. The van der Waals surface area contributed by atoms with Gasteiger partial charge in [-0.2, -0.15) is 0 Å². The van der Waals surface area contributed by atoms with Crippen molar-refractivity contribution < 1.29 is 14.3 Å². The lowest BCUT2D eigenvalue weighted by Crippen LogP contribution is -2.07. The van der Waals surface area contributed by atoms with Gasteiger partial charge in [0.1, 0.15) is 5.82 Å². The fourth-order valence-electron chi connectivity index (χ4n) is 3.05. The number of aromatic carboxylic acids is 1. The van der Waals surface area contributed by atoms with Gasteiger partial charge in [-0.25, -0.2) is 14.2 Å². The van der Waals surface area contributed by atoms with Gasteiger partial charge in [-0.1, -0.05) is 30.3 Å². The van der Waals surface area contributed by atoms with Crippen molar-refractivity contribution in [3.8, 4) is 22.4 Å². The van der Waals surface area contributed by atoms with Crippen molar-refractivity contribution in [2.45, 2.75) is 0 Å². The molecule has 5 nitrogen and oxygen atoms in total. The number of carboxylic acids is 1. The van der Waals surface area contributed by atoms with Crippen LogP contribution < -0.4 is 5.73 Å². The summed E-state index contributed by atoms with van der Waals surface area (Å²) in [5.41, 5.74) is 9.29. The van der Waals surface area contributed by atoms with Gasteiger partial charge in [-0.05, 0) is 35.4 Å². The molecule has 0 saturated carbocycles. The number of nitrogens with zero attached hydrogens (tertiary/aromatic N) is 2. The van der Waals surface area contributed by atoms with Gasteiger partial charge in [-0.15, -0.1) is 0 Å². The average Bonchev–Trinajstić information content (AvgIpc) is 2.68. The second kappa shape index (κ2) is 6.49. The Labute approximate surface area is 153 Å². The molecule has 0 amide bonds. The summed E-state index contributed by atoms with van der Waals surface area (Å²) in [7, 11) is 0. The smallest absolute Gasteiger partial charge is 0.338 e. The molecular formula is C21H14FN3O2. The number of pyridine rings is 2. The summed E-state index contributed by atoms with van der Waals surface area (Å²) < 4.78 is 13.6. The van der Waals surface area contributed by atoms with Crippen LogP contribution in [0.1, 0.15) is 10.4 Å². The minimum Gasteiger partial charge on any atom is -0.478 e. The van der Waals surface area contributed by atoms with E-state index in [1.165, 1.54) is 12.1 Å². The number of carboxylic acid groups (broad SMARTS) is 1. The number of hydrogen-bond donors (Lipinski definition) is 2. The lowest BCUT2D eigenvalue weighted by atomic mass is 9.99. The van der Waals surface area contributed by atoms with Crippen molar-refractivity contribution >= 4 is 22.6 Å². The Morgan fingerprint density at radius 3 is 2.41 bits per heavy atom. The Bertz CT molecular complexity index is 1160. The number of rotatable bonds is 3. The fraction of sp³-hybridized carbons (Fsp3) is 0. The molecule has 2 aromatic carbocycles. The van der Waals surface area contributed by atoms with Crippen molar-refractivity contribution in [3.63, 3.8) is 0 Å². The van der Waals surface area contributed by atoms with E-state index in [0.717, 1.165) is 17.2 Å². The van der Waals surface area contributed by atoms with Crippen molar-refractivity contribution in [1.29, 1.82) is 0 Å². The van der Waals surface area contributed by atoms with E-state index in [0.29, 0.717) is 16.8 Å². The zero-order chi connectivity index (χ0) is 19.0.